The monoisotopic (exact) mass is 357 g/mol. The average Bonchev–Trinajstić information content (AvgIpc) is 3.03. The summed E-state index contributed by atoms with van der Waals surface area (Å²) < 4.78 is 0. The smallest absolute Gasteiger partial charge is 0.254 e. The number of hydrogen-bond donors (Lipinski definition) is 0. The van der Waals surface area contributed by atoms with E-state index in [1.165, 1.54) is 0 Å². The summed E-state index contributed by atoms with van der Waals surface area (Å²) in [6.45, 7) is 0.862. The van der Waals surface area contributed by atoms with E-state index in [4.69, 9.17) is 0 Å². The number of fused-ring (bicyclic) bond motifs is 1. The van der Waals surface area contributed by atoms with Gasteiger partial charge in [-0.25, -0.2) is 0 Å². The molecule has 27 heavy (non-hydrogen) atoms. The van der Waals surface area contributed by atoms with Crippen molar-refractivity contribution in [2.75, 3.05) is 11.4 Å². The molecule has 0 bridgehead atoms. The number of aromatic nitrogens is 1. The molecule has 5 heteroatoms. The van der Waals surface area contributed by atoms with Crippen LogP contribution >= 0.6 is 0 Å². The van der Waals surface area contributed by atoms with Gasteiger partial charge in [-0.15, -0.1) is 0 Å². The Hall–Kier alpha value is -3.47. The third-order valence-corrected chi connectivity index (χ3v) is 4.64. The number of anilines is 1. The Morgan fingerprint density at radius 2 is 1.70 bits per heavy atom. The van der Waals surface area contributed by atoms with Gasteiger partial charge in [0.2, 0.25) is 5.91 Å². The number of benzene rings is 2. The van der Waals surface area contributed by atoms with Crippen LogP contribution in [0.4, 0.5) is 5.69 Å². The highest BCUT2D eigenvalue weighted by molar-refractivity contribution is 6.02. The molecule has 0 unspecified atom stereocenters. The topological polar surface area (TPSA) is 53.5 Å². The maximum Gasteiger partial charge on any atom is 0.254 e. The highest BCUT2D eigenvalue weighted by atomic mass is 16.2. The van der Waals surface area contributed by atoms with Crippen molar-refractivity contribution in [3.05, 3.63) is 95.8 Å². The van der Waals surface area contributed by atoms with Crippen molar-refractivity contribution in [2.45, 2.75) is 13.1 Å². The van der Waals surface area contributed by atoms with E-state index in [1.807, 2.05) is 72.8 Å². The highest BCUT2D eigenvalue weighted by Crippen LogP contribution is 2.23. The molecule has 4 rings (SSSR count). The number of pyridine rings is 1. The SMILES string of the molecule is O=C1c2ccccc2CN1CC(=O)N(Cc1ccccn1)c1ccccc1. The van der Waals surface area contributed by atoms with Gasteiger partial charge < -0.3 is 9.80 Å². The number of carbonyl (C=O) groups is 2. The summed E-state index contributed by atoms with van der Waals surface area (Å²) in [5.74, 6) is -0.224. The van der Waals surface area contributed by atoms with Crippen molar-refractivity contribution in [1.29, 1.82) is 0 Å². The van der Waals surface area contributed by atoms with Crippen LogP contribution in [0.1, 0.15) is 21.6 Å². The Morgan fingerprint density at radius 1 is 0.963 bits per heavy atom. The molecule has 5 nitrogen and oxygen atoms in total. The number of rotatable bonds is 5. The number of para-hydroxylation sites is 1. The van der Waals surface area contributed by atoms with E-state index in [0.29, 0.717) is 18.7 Å². The van der Waals surface area contributed by atoms with E-state index < -0.39 is 0 Å². The Labute approximate surface area is 157 Å². The molecule has 3 aromatic rings. The van der Waals surface area contributed by atoms with E-state index >= 15 is 0 Å². The number of hydrogen-bond acceptors (Lipinski definition) is 3. The second kappa shape index (κ2) is 7.41. The summed E-state index contributed by atoms with van der Waals surface area (Å²) in [6, 6.07) is 22.6. The van der Waals surface area contributed by atoms with E-state index in [-0.39, 0.29) is 18.4 Å². The van der Waals surface area contributed by atoms with Crippen LogP contribution in [0.25, 0.3) is 0 Å². The fraction of sp³-hybridized carbons (Fsp3) is 0.136. The van der Waals surface area contributed by atoms with Crippen LogP contribution in [-0.4, -0.2) is 28.2 Å². The maximum atomic E-state index is 13.1. The van der Waals surface area contributed by atoms with Crippen LogP contribution in [0.15, 0.2) is 79.0 Å². The van der Waals surface area contributed by atoms with Gasteiger partial charge in [0.1, 0.15) is 6.54 Å². The summed E-state index contributed by atoms with van der Waals surface area (Å²) in [5, 5.41) is 0. The number of amides is 2. The summed E-state index contributed by atoms with van der Waals surface area (Å²) >= 11 is 0. The van der Waals surface area contributed by atoms with Gasteiger partial charge in [0, 0.05) is 24.0 Å². The largest absolute Gasteiger partial charge is 0.325 e. The Balaban J connectivity index is 1.55. The average molecular weight is 357 g/mol. The second-order valence-electron chi connectivity index (χ2n) is 6.45. The van der Waals surface area contributed by atoms with E-state index in [9.17, 15) is 9.59 Å². The third kappa shape index (κ3) is 3.58. The van der Waals surface area contributed by atoms with Gasteiger partial charge in [0.15, 0.2) is 0 Å². The molecule has 1 aliphatic heterocycles. The summed E-state index contributed by atoms with van der Waals surface area (Å²) in [4.78, 5) is 33.3. The first-order valence-electron chi connectivity index (χ1n) is 8.85. The third-order valence-electron chi connectivity index (χ3n) is 4.64. The Bertz CT molecular complexity index is 958. The van der Waals surface area contributed by atoms with Crippen LogP contribution in [0, 0.1) is 0 Å². The standard InChI is InChI=1S/C22H19N3O2/c26-21(16-24-14-17-8-4-5-12-20(17)22(24)27)25(19-10-2-1-3-11-19)15-18-9-6-7-13-23-18/h1-13H,14-16H2. The van der Waals surface area contributed by atoms with Crippen molar-refractivity contribution < 1.29 is 9.59 Å². The number of carbonyl (C=O) groups excluding carboxylic acids is 2. The zero-order valence-electron chi connectivity index (χ0n) is 14.8. The van der Waals surface area contributed by atoms with Crippen LogP contribution < -0.4 is 4.90 Å². The van der Waals surface area contributed by atoms with Crippen molar-refractivity contribution in [1.82, 2.24) is 9.88 Å². The van der Waals surface area contributed by atoms with Gasteiger partial charge in [0.25, 0.3) is 5.91 Å². The minimum Gasteiger partial charge on any atom is -0.325 e. The molecule has 134 valence electrons. The first kappa shape index (κ1) is 17.0. The lowest BCUT2D eigenvalue weighted by Crippen LogP contribution is -2.40. The molecule has 0 saturated carbocycles. The Kier molecular flexibility index (Phi) is 4.66. The van der Waals surface area contributed by atoms with Crippen LogP contribution in [-0.2, 0) is 17.9 Å². The van der Waals surface area contributed by atoms with Gasteiger partial charge in [-0.2, -0.15) is 0 Å². The highest BCUT2D eigenvalue weighted by Gasteiger charge is 2.30. The van der Waals surface area contributed by atoms with Gasteiger partial charge in [0.05, 0.1) is 12.2 Å². The molecule has 2 heterocycles. The summed E-state index contributed by atoms with van der Waals surface area (Å²) in [7, 11) is 0. The summed E-state index contributed by atoms with van der Waals surface area (Å²) in [6.07, 6.45) is 1.71. The summed E-state index contributed by atoms with van der Waals surface area (Å²) in [5.41, 5.74) is 3.23. The van der Waals surface area contributed by atoms with Crippen LogP contribution in [0.2, 0.25) is 0 Å². The predicted molar refractivity (Wildman–Crippen MR) is 103 cm³/mol. The zero-order chi connectivity index (χ0) is 18.6. The van der Waals surface area contributed by atoms with Gasteiger partial charge in [-0.3, -0.25) is 14.6 Å². The molecule has 2 amide bonds. The lowest BCUT2D eigenvalue weighted by Gasteiger charge is -2.25. The molecular formula is C22H19N3O2. The van der Waals surface area contributed by atoms with Gasteiger partial charge >= 0.3 is 0 Å². The van der Waals surface area contributed by atoms with Crippen LogP contribution in [0.3, 0.4) is 0 Å². The fourth-order valence-corrected chi connectivity index (χ4v) is 3.28. The first-order chi connectivity index (χ1) is 13.2. The predicted octanol–water partition coefficient (Wildman–Crippen LogP) is 3.27. The minimum atomic E-state index is -0.131. The first-order valence-corrected chi connectivity index (χ1v) is 8.85. The molecule has 0 spiro atoms. The molecule has 0 saturated heterocycles. The molecular weight excluding hydrogens is 338 g/mol. The minimum absolute atomic E-state index is 0.0369. The maximum absolute atomic E-state index is 13.1. The normalized spacial score (nSPS) is 12.7. The molecule has 1 aliphatic rings. The molecule has 0 fully saturated rings. The fourth-order valence-electron chi connectivity index (χ4n) is 3.28. The van der Waals surface area contributed by atoms with Crippen LogP contribution in [0.5, 0.6) is 0 Å². The van der Waals surface area contributed by atoms with Crippen molar-refractivity contribution in [3.63, 3.8) is 0 Å². The molecule has 0 aliphatic carbocycles. The van der Waals surface area contributed by atoms with Crippen molar-refractivity contribution >= 4 is 17.5 Å². The van der Waals surface area contributed by atoms with Gasteiger partial charge in [-0.1, -0.05) is 42.5 Å². The molecule has 1 aromatic heterocycles. The molecule has 0 atom stereocenters. The molecule has 0 N–H and O–H groups in total. The number of nitrogens with zero attached hydrogens (tertiary/aromatic N) is 3. The quantitative estimate of drug-likeness (QED) is 0.704. The van der Waals surface area contributed by atoms with Crippen molar-refractivity contribution in [3.8, 4) is 0 Å². The van der Waals surface area contributed by atoms with Crippen molar-refractivity contribution in [2.24, 2.45) is 0 Å². The van der Waals surface area contributed by atoms with E-state index in [1.54, 1.807) is 16.0 Å². The lowest BCUT2D eigenvalue weighted by molar-refractivity contribution is -0.119. The molecule has 0 radical (unpaired) electrons. The van der Waals surface area contributed by atoms with E-state index in [2.05, 4.69) is 4.98 Å². The van der Waals surface area contributed by atoms with E-state index in [0.717, 1.165) is 16.9 Å². The second-order valence-corrected chi connectivity index (χ2v) is 6.45. The lowest BCUT2D eigenvalue weighted by atomic mass is 10.1. The zero-order valence-corrected chi connectivity index (χ0v) is 14.8. The molecule has 2 aromatic carbocycles. The Morgan fingerprint density at radius 3 is 2.44 bits per heavy atom. The van der Waals surface area contributed by atoms with Gasteiger partial charge in [-0.05, 0) is 35.9 Å².